The van der Waals surface area contributed by atoms with Crippen molar-refractivity contribution in [3.63, 3.8) is 0 Å². The maximum absolute atomic E-state index is 12.1. The zero-order chi connectivity index (χ0) is 17.9. The molecule has 1 aliphatic heterocycles. The summed E-state index contributed by atoms with van der Waals surface area (Å²) in [7, 11) is 0. The minimum absolute atomic E-state index is 0.157. The standard InChI is InChI=1S/C20H32N2O2S/c1-3-4-9-18-16-22(13-11-20(23)21-12-7-14-25-2)15-17-8-5-6-10-19(17)24-18/h5-6,8,10,18H,3-4,7,9,11-16H2,1-2H3,(H,21,23). The van der Waals surface area contributed by atoms with Gasteiger partial charge in [-0.2, -0.15) is 11.8 Å². The Morgan fingerprint density at radius 1 is 1.36 bits per heavy atom. The van der Waals surface area contributed by atoms with Gasteiger partial charge < -0.3 is 10.1 Å². The van der Waals surface area contributed by atoms with E-state index in [1.807, 2.05) is 17.8 Å². The second kappa shape index (κ2) is 11.4. The Morgan fingerprint density at radius 3 is 3.00 bits per heavy atom. The summed E-state index contributed by atoms with van der Waals surface area (Å²) in [6.07, 6.45) is 7.33. The highest BCUT2D eigenvalue weighted by molar-refractivity contribution is 7.98. The van der Waals surface area contributed by atoms with Crippen molar-refractivity contribution < 1.29 is 9.53 Å². The molecule has 0 aromatic heterocycles. The monoisotopic (exact) mass is 364 g/mol. The Bertz CT molecular complexity index is 524. The first-order valence-corrected chi connectivity index (χ1v) is 10.8. The van der Waals surface area contributed by atoms with Gasteiger partial charge in [0.25, 0.3) is 0 Å². The van der Waals surface area contributed by atoms with Gasteiger partial charge in [0.05, 0.1) is 0 Å². The van der Waals surface area contributed by atoms with Crippen molar-refractivity contribution in [1.82, 2.24) is 10.2 Å². The first-order valence-electron chi connectivity index (χ1n) is 9.45. The lowest BCUT2D eigenvalue weighted by Gasteiger charge is -2.23. The maximum atomic E-state index is 12.1. The van der Waals surface area contributed by atoms with Crippen LogP contribution in [0.4, 0.5) is 0 Å². The van der Waals surface area contributed by atoms with E-state index in [0.717, 1.165) is 50.5 Å². The number of carbonyl (C=O) groups is 1. The Morgan fingerprint density at radius 2 is 2.20 bits per heavy atom. The smallest absolute Gasteiger partial charge is 0.221 e. The van der Waals surface area contributed by atoms with Crippen molar-refractivity contribution in [2.24, 2.45) is 0 Å². The zero-order valence-electron chi connectivity index (χ0n) is 15.6. The van der Waals surface area contributed by atoms with E-state index in [1.165, 1.54) is 18.4 Å². The zero-order valence-corrected chi connectivity index (χ0v) is 16.4. The van der Waals surface area contributed by atoms with Crippen LogP contribution in [0.25, 0.3) is 0 Å². The minimum atomic E-state index is 0.157. The molecule has 0 radical (unpaired) electrons. The summed E-state index contributed by atoms with van der Waals surface area (Å²) in [5, 5.41) is 3.03. The molecule has 0 saturated carbocycles. The van der Waals surface area contributed by atoms with Gasteiger partial charge in [-0.1, -0.05) is 31.5 Å². The van der Waals surface area contributed by atoms with Crippen molar-refractivity contribution >= 4 is 17.7 Å². The largest absolute Gasteiger partial charge is 0.489 e. The van der Waals surface area contributed by atoms with Gasteiger partial charge in [-0.3, -0.25) is 9.69 Å². The molecule has 1 atom stereocenters. The van der Waals surface area contributed by atoms with Crippen LogP contribution >= 0.6 is 11.8 Å². The second-order valence-corrected chi connectivity index (χ2v) is 7.66. The number of benzene rings is 1. The molecule has 0 saturated heterocycles. The molecule has 1 heterocycles. The molecule has 0 spiro atoms. The molecular weight excluding hydrogens is 332 g/mol. The Balaban J connectivity index is 1.86. The number of hydrogen-bond donors (Lipinski definition) is 1. The fraction of sp³-hybridized carbons (Fsp3) is 0.650. The average molecular weight is 365 g/mol. The number of carbonyl (C=O) groups excluding carboxylic acids is 1. The summed E-state index contributed by atoms with van der Waals surface area (Å²) in [6.45, 7) is 5.54. The molecule has 2 rings (SSSR count). The fourth-order valence-electron chi connectivity index (χ4n) is 3.10. The molecule has 0 bridgehead atoms. The van der Waals surface area contributed by atoms with Gasteiger partial charge in [-0.15, -0.1) is 0 Å². The van der Waals surface area contributed by atoms with Crippen LogP contribution in [0.2, 0.25) is 0 Å². The second-order valence-electron chi connectivity index (χ2n) is 6.67. The van der Waals surface area contributed by atoms with Gasteiger partial charge in [0.1, 0.15) is 11.9 Å². The first kappa shape index (κ1) is 20.1. The van der Waals surface area contributed by atoms with E-state index in [9.17, 15) is 4.79 Å². The molecule has 1 N–H and O–H groups in total. The number of amides is 1. The van der Waals surface area contributed by atoms with Gasteiger partial charge in [-0.25, -0.2) is 0 Å². The van der Waals surface area contributed by atoms with E-state index in [2.05, 4.69) is 41.6 Å². The molecule has 25 heavy (non-hydrogen) atoms. The van der Waals surface area contributed by atoms with Gasteiger partial charge in [0, 0.05) is 38.2 Å². The van der Waals surface area contributed by atoms with Crippen molar-refractivity contribution in [3.05, 3.63) is 29.8 Å². The van der Waals surface area contributed by atoms with E-state index in [1.54, 1.807) is 0 Å². The van der Waals surface area contributed by atoms with Crippen molar-refractivity contribution in [1.29, 1.82) is 0 Å². The topological polar surface area (TPSA) is 41.6 Å². The molecule has 1 aromatic rings. The highest BCUT2D eigenvalue weighted by Gasteiger charge is 2.22. The molecular formula is C20H32N2O2S. The van der Waals surface area contributed by atoms with E-state index in [4.69, 9.17) is 4.74 Å². The third kappa shape index (κ3) is 7.28. The number of ether oxygens (including phenoxy) is 1. The van der Waals surface area contributed by atoms with Crippen LogP contribution in [0, 0.1) is 0 Å². The summed E-state index contributed by atoms with van der Waals surface area (Å²) in [4.78, 5) is 14.4. The van der Waals surface area contributed by atoms with Gasteiger partial charge in [0.2, 0.25) is 5.91 Å². The number of thioether (sulfide) groups is 1. The maximum Gasteiger partial charge on any atom is 0.221 e. The summed E-state index contributed by atoms with van der Waals surface area (Å²) in [6, 6.07) is 8.29. The van der Waals surface area contributed by atoms with Crippen LogP contribution in [-0.4, -0.2) is 48.6 Å². The molecule has 1 aliphatic rings. The van der Waals surface area contributed by atoms with Crippen LogP contribution in [0.1, 0.15) is 44.6 Å². The molecule has 1 aromatic carbocycles. The lowest BCUT2D eigenvalue weighted by atomic mass is 10.1. The van der Waals surface area contributed by atoms with Crippen LogP contribution in [0.5, 0.6) is 5.75 Å². The molecule has 5 heteroatoms. The number of para-hydroxylation sites is 1. The van der Waals surface area contributed by atoms with Gasteiger partial charge >= 0.3 is 0 Å². The van der Waals surface area contributed by atoms with Crippen LogP contribution in [0.3, 0.4) is 0 Å². The normalized spacial score (nSPS) is 17.4. The Labute approximate surface area is 156 Å². The van der Waals surface area contributed by atoms with E-state index in [-0.39, 0.29) is 12.0 Å². The lowest BCUT2D eigenvalue weighted by molar-refractivity contribution is -0.121. The quantitative estimate of drug-likeness (QED) is 0.643. The third-order valence-corrected chi connectivity index (χ3v) is 5.20. The predicted octanol–water partition coefficient (Wildman–Crippen LogP) is 3.70. The number of nitrogens with zero attached hydrogens (tertiary/aromatic N) is 1. The summed E-state index contributed by atoms with van der Waals surface area (Å²) in [5.74, 6) is 2.26. The van der Waals surface area contributed by atoms with E-state index < -0.39 is 0 Å². The van der Waals surface area contributed by atoms with Gasteiger partial charge in [-0.05, 0) is 37.3 Å². The molecule has 0 fully saturated rings. The number of nitrogens with one attached hydrogen (secondary N) is 1. The van der Waals surface area contributed by atoms with Crippen LogP contribution < -0.4 is 10.1 Å². The van der Waals surface area contributed by atoms with Crippen LogP contribution in [0.15, 0.2) is 24.3 Å². The minimum Gasteiger partial charge on any atom is -0.489 e. The lowest BCUT2D eigenvalue weighted by Crippen LogP contribution is -2.36. The molecule has 1 unspecified atom stereocenters. The SMILES string of the molecule is CCCCC1CN(CCC(=O)NCCCSC)Cc2ccccc2O1. The average Bonchev–Trinajstić information content (AvgIpc) is 2.80. The Kier molecular flexibility index (Phi) is 9.19. The third-order valence-electron chi connectivity index (χ3n) is 4.50. The summed E-state index contributed by atoms with van der Waals surface area (Å²) in [5.41, 5.74) is 1.22. The highest BCUT2D eigenvalue weighted by Crippen LogP contribution is 2.26. The summed E-state index contributed by atoms with van der Waals surface area (Å²) >= 11 is 1.82. The molecule has 1 amide bonds. The fourth-order valence-corrected chi connectivity index (χ4v) is 3.54. The number of unbranched alkanes of at least 4 members (excludes halogenated alkanes) is 1. The molecule has 140 valence electrons. The number of fused-ring (bicyclic) bond motifs is 1. The van der Waals surface area contributed by atoms with Gasteiger partial charge in [0.15, 0.2) is 0 Å². The predicted molar refractivity (Wildman–Crippen MR) is 106 cm³/mol. The van der Waals surface area contributed by atoms with Crippen molar-refractivity contribution in [2.75, 3.05) is 31.6 Å². The molecule has 4 nitrogen and oxygen atoms in total. The van der Waals surface area contributed by atoms with Crippen LogP contribution in [-0.2, 0) is 11.3 Å². The molecule has 0 aliphatic carbocycles. The van der Waals surface area contributed by atoms with Crippen molar-refractivity contribution in [3.8, 4) is 5.75 Å². The first-order chi connectivity index (χ1) is 12.2. The van der Waals surface area contributed by atoms with Crippen molar-refractivity contribution in [2.45, 2.75) is 51.7 Å². The number of hydrogen-bond acceptors (Lipinski definition) is 4. The van der Waals surface area contributed by atoms with E-state index in [0.29, 0.717) is 6.42 Å². The van der Waals surface area contributed by atoms with E-state index >= 15 is 0 Å². The summed E-state index contributed by atoms with van der Waals surface area (Å²) < 4.78 is 6.24. The highest BCUT2D eigenvalue weighted by atomic mass is 32.2. The number of rotatable bonds is 10. The Hall–Kier alpha value is -1.20.